The van der Waals surface area contributed by atoms with Crippen molar-refractivity contribution in [3.8, 4) is 0 Å². The molecular weight excluding hydrogens is 369 g/mol. The van der Waals surface area contributed by atoms with E-state index in [1.54, 1.807) is 12.1 Å². The van der Waals surface area contributed by atoms with E-state index in [0.717, 1.165) is 6.04 Å². The number of hydrogen-bond donors (Lipinski definition) is 1. The molecule has 0 aromatic carbocycles. The summed E-state index contributed by atoms with van der Waals surface area (Å²) in [7, 11) is -0.956. The summed E-state index contributed by atoms with van der Waals surface area (Å²) < 4.78 is 6.00. The Balaban J connectivity index is 0.00000200. The molecule has 1 unspecified atom stereocenters. The summed E-state index contributed by atoms with van der Waals surface area (Å²) >= 11 is -1.17. The first-order chi connectivity index (χ1) is 8.98. The average Bonchev–Trinajstić information content (AvgIpc) is 2.81. The van der Waals surface area contributed by atoms with Gasteiger partial charge in [-0.3, -0.25) is 0 Å². The van der Waals surface area contributed by atoms with Gasteiger partial charge in [0.2, 0.25) is 0 Å². The molecule has 0 bridgehead atoms. The summed E-state index contributed by atoms with van der Waals surface area (Å²) in [5, 5.41) is 1.98. The van der Waals surface area contributed by atoms with Crippen molar-refractivity contribution in [3.63, 3.8) is 0 Å². The van der Waals surface area contributed by atoms with Gasteiger partial charge in [-0.2, -0.15) is 0 Å². The maximum absolute atomic E-state index is 4.10. The quantitative estimate of drug-likeness (QED) is 0.517. The molecule has 0 amide bonds. The van der Waals surface area contributed by atoms with Crippen LogP contribution in [-0.4, -0.2) is 20.8 Å². The molecule has 1 saturated heterocycles. The van der Waals surface area contributed by atoms with Crippen LogP contribution in [-0.2, 0) is 17.4 Å². The Kier molecular flexibility index (Phi) is 9.99. The van der Waals surface area contributed by atoms with Crippen LogP contribution in [0.5, 0.6) is 0 Å². The predicted octanol–water partition coefficient (Wildman–Crippen LogP) is -1.87. The van der Waals surface area contributed by atoms with E-state index in [4.69, 9.17) is 0 Å². The molecule has 0 aromatic heterocycles. The van der Waals surface area contributed by atoms with Crippen LogP contribution in [0.15, 0.2) is 21.2 Å². The van der Waals surface area contributed by atoms with Crippen molar-refractivity contribution in [1.29, 1.82) is 0 Å². The Morgan fingerprint density at radius 3 is 2.38 bits per heavy atom. The van der Waals surface area contributed by atoms with E-state index in [0.29, 0.717) is 0 Å². The summed E-state index contributed by atoms with van der Waals surface area (Å²) in [6, 6.07) is 3.87. The maximum Gasteiger partial charge on any atom is -1.00 e. The second-order valence-electron chi connectivity index (χ2n) is 6.93. The van der Waals surface area contributed by atoms with Gasteiger partial charge in [0.15, 0.2) is 0 Å². The molecule has 2 aliphatic rings. The van der Waals surface area contributed by atoms with E-state index in [2.05, 4.69) is 49.4 Å². The van der Waals surface area contributed by atoms with E-state index >= 15 is 0 Å². The fourth-order valence-corrected chi connectivity index (χ4v) is 19.4. The molecule has 2 rings (SSSR count). The standard InChI is InChI=1S/C9H13Si.C4H10N.C2H7Si.2ClH.Ti/c1-10(7-4-8-10)9-5-2-3-6-9;1-3-4(2)5;1-3-2;;;/h2-3H,4-5,7-8H2,1H3;4-5H,3H2,1-2H3;3H,1-2H3;2*1H;/q;-1;;;;+3/p-2. The first-order valence-corrected chi connectivity index (χ1v) is 18.1. The molecule has 1 aliphatic carbocycles. The molecule has 1 N–H and O–H groups in total. The molecule has 0 aromatic rings. The van der Waals surface area contributed by atoms with Gasteiger partial charge in [-0.15, -0.1) is 0 Å². The largest absolute Gasteiger partial charge is 1.00 e. The van der Waals surface area contributed by atoms with Gasteiger partial charge in [0, 0.05) is 0 Å². The number of rotatable bonds is 6. The summed E-state index contributed by atoms with van der Waals surface area (Å²) in [5.41, 5.74) is 0. The Hall–Kier alpha value is 1.17. The van der Waals surface area contributed by atoms with Gasteiger partial charge < -0.3 is 24.8 Å². The summed E-state index contributed by atoms with van der Waals surface area (Å²) in [4.78, 5) is 0. The number of nitrogens with one attached hydrogen (secondary N) is 1. The minimum absolute atomic E-state index is 0. The van der Waals surface area contributed by atoms with E-state index in [9.17, 15) is 0 Å². The predicted molar refractivity (Wildman–Crippen MR) is 88.4 cm³/mol. The van der Waals surface area contributed by atoms with Gasteiger partial charge in [0.05, 0.1) is 0 Å². The fourth-order valence-electron chi connectivity index (χ4n) is 3.26. The zero-order valence-corrected chi connectivity index (χ0v) is 19.3. The molecule has 1 nitrogen and oxygen atoms in total. The van der Waals surface area contributed by atoms with E-state index < -0.39 is 32.1 Å². The summed E-state index contributed by atoms with van der Waals surface area (Å²) in [6.45, 7) is 12.0. The molecule has 121 valence electrons. The van der Waals surface area contributed by atoms with Gasteiger partial charge in [0.1, 0.15) is 0 Å². The fraction of sp³-hybridized carbons (Fsp3) is 0.733. The first kappa shape index (κ1) is 22.2. The van der Waals surface area contributed by atoms with Gasteiger partial charge >= 0.3 is 128 Å². The van der Waals surface area contributed by atoms with Crippen molar-refractivity contribution in [2.24, 2.45) is 0 Å². The van der Waals surface area contributed by atoms with Crippen LogP contribution in [0.4, 0.5) is 0 Å². The van der Waals surface area contributed by atoms with Gasteiger partial charge in [-0.1, -0.05) is 0 Å². The number of halogens is 2. The van der Waals surface area contributed by atoms with Crippen molar-refractivity contribution in [2.75, 3.05) is 0 Å². The Bertz CT molecular complexity index is 395. The van der Waals surface area contributed by atoms with Crippen LogP contribution in [0.1, 0.15) is 33.1 Å². The van der Waals surface area contributed by atoms with Crippen LogP contribution in [0, 0.1) is 0 Å². The van der Waals surface area contributed by atoms with Crippen LogP contribution in [0.3, 0.4) is 0 Å². The van der Waals surface area contributed by atoms with Crippen molar-refractivity contribution in [3.05, 3.63) is 21.2 Å². The molecule has 0 radical (unpaired) electrons. The molecule has 21 heavy (non-hydrogen) atoms. The van der Waals surface area contributed by atoms with Crippen molar-refractivity contribution in [1.82, 2.24) is 3.80 Å². The smallest absolute Gasteiger partial charge is 1.00 e. The zero-order chi connectivity index (χ0) is 14.0. The molecular formula is C15H30Cl2NSi2Ti. The van der Waals surface area contributed by atoms with Crippen molar-refractivity contribution >= 4 is 14.7 Å². The van der Waals surface area contributed by atoms with Crippen LogP contribution in [0.2, 0.25) is 31.7 Å². The second kappa shape index (κ2) is 9.46. The van der Waals surface area contributed by atoms with Crippen molar-refractivity contribution < 1.29 is 42.2 Å². The Morgan fingerprint density at radius 2 is 1.95 bits per heavy atom. The Morgan fingerprint density at radius 1 is 1.33 bits per heavy atom. The number of allylic oxidation sites excluding steroid dienone is 4. The van der Waals surface area contributed by atoms with Crippen LogP contribution >= 0.6 is 0 Å². The molecule has 1 atom stereocenters. The van der Waals surface area contributed by atoms with E-state index in [1.807, 2.05) is 9.07 Å². The molecule has 6 heteroatoms. The normalized spacial score (nSPS) is 20.7. The first-order valence-electron chi connectivity index (χ1n) is 8.02. The van der Waals surface area contributed by atoms with Crippen LogP contribution < -0.4 is 28.6 Å². The second-order valence-corrected chi connectivity index (χ2v) is 24.3. The minimum atomic E-state index is -1.17. The van der Waals surface area contributed by atoms with E-state index in [-0.39, 0.29) is 24.8 Å². The molecule has 1 aliphatic heterocycles. The summed E-state index contributed by atoms with van der Waals surface area (Å²) in [6.07, 6.45) is 9.12. The molecule has 0 saturated carbocycles. The maximum atomic E-state index is 4.10. The molecule has 1 fully saturated rings. The minimum Gasteiger partial charge on any atom is -1.00 e. The molecule has 1 heterocycles. The van der Waals surface area contributed by atoms with Crippen molar-refractivity contribution in [2.45, 2.75) is 70.9 Å². The van der Waals surface area contributed by atoms with Gasteiger partial charge in [-0.25, -0.2) is 0 Å². The monoisotopic (exact) mass is 398 g/mol. The topological polar surface area (TPSA) is 12.0 Å². The third kappa shape index (κ3) is 5.07. The van der Waals surface area contributed by atoms with Gasteiger partial charge in [-0.05, 0) is 0 Å². The van der Waals surface area contributed by atoms with Crippen LogP contribution in [0.25, 0.3) is 0 Å². The third-order valence-corrected chi connectivity index (χ3v) is 21.7. The number of hydrogen-bond acceptors (Lipinski definition) is 1. The summed E-state index contributed by atoms with van der Waals surface area (Å²) in [5.74, 6) is 0. The van der Waals surface area contributed by atoms with E-state index in [1.165, 1.54) is 19.3 Å². The zero-order valence-electron chi connectivity index (χ0n) is 14.1. The Labute approximate surface area is 152 Å². The third-order valence-electron chi connectivity index (χ3n) is 5.00. The SMILES string of the molecule is CCC(C)[NH][Ti+2]([C]1=C([Si]2(C)CCC2)CC=C1)[SiH](C)C.[Cl-].[Cl-]. The molecule has 0 spiro atoms. The van der Waals surface area contributed by atoms with Gasteiger partial charge in [0.25, 0.3) is 0 Å². The average molecular weight is 399 g/mol.